The van der Waals surface area contributed by atoms with E-state index in [4.69, 9.17) is 4.42 Å². The first-order chi connectivity index (χ1) is 10.6. The molecule has 0 aliphatic carbocycles. The van der Waals surface area contributed by atoms with Crippen molar-refractivity contribution >= 4 is 33.2 Å². The van der Waals surface area contributed by atoms with Crippen LogP contribution in [0, 0.1) is 5.82 Å². The fourth-order valence-electron chi connectivity index (χ4n) is 2.64. The summed E-state index contributed by atoms with van der Waals surface area (Å²) in [4.78, 5) is 14.4. The molecule has 3 rings (SSSR count). The Morgan fingerprint density at radius 2 is 2.00 bits per heavy atom. The van der Waals surface area contributed by atoms with Gasteiger partial charge in [0.1, 0.15) is 12.1 Å². The lowest BCUT2D eigenvalue weighted by Crippen LogP contribution is -2.30. The Kier molecular flexibility index (Phi) is 4.47. The maximum absolute atomic E-state index is 13.6. The lowest BCUT2D eigenvalue weighted by atomic mass is 10.1. The topological polar surface area (TPSA) is 45.5 Å². The molecule has 2 aromatic rings. The largest absolute Gasteiger partial charge is 0.457 e. The average molecular weight is 367 g/mol. The zero-order valence-corrected chi connectivity index (χ0v) is 13.5. The average Bonchev–Trinajstić information content (AvgIpc) is 2.95. The summed E-state index contributed by atoms with van der Waals surface area (Å²) in [7, 11) is 0. The van der Waals surface area contributed by atoms with Crippen LogP contribution in [0.5, 0.6) is 0 Å². The van der Waals surface area contributed by atoms with Crippen molar-refractivity contribution in [2.45, 2.75) is 19.3 Å². The molecule has 1 amide bonds. The molecule has 1 N–H and O–H groups in total. The van der Waals surface area contributed by atoms with Crippen LogP contribution in [0.1, 0.15) is 29.6 Å². The van der Waals surface area contributed by atoms with E-state index < -0.39 is 0 Å². The van der Waals surface area contributed by atoms with Crippen molar-refractivity contribution in [3.63, 3.8) is 0 Å². The van der Waals surface area contributed by atoms with Crippen LogP contribution in [0.3, 0.4) is 0 Å². The summed E-state index contributed by atoms with van der Waals surface area (Å²) in [5.41, 5.74) is 1.74. The van der Waals surface area contributed by atoms with Crippen molar-refractivity contribution in [1.29, 1.82) is 0 Å². The number of nitrogens with zero attached hydrogens (tertiary/aromatic N) is 1. The number of halogens is 2. The second-order valence-corrected chi connectivity index (χ2v) is 6.08. The third kappa shape index (κ3) is 3.32. The van der Waals surface area contributed by atoms with Gasteiger partial charge in [0, 0.05) is 19.2 Å². The molecule has 1 aromatic heterocycles. The second-order valence-electron chi connectivity index (χ2n) is 5.30. The van der Waals surface area contributed by atoms with E-state index in [2.05, 4.69) is 26.1 Å². The molecular formula is C16H16BrFN2O2. The van der Waals surface area contributed by atoms with Gasteiger partial charge in [-0.15, -0.1) is 0 Å². The van der Waals surface area contributed by atoms with E-state index in [0.717, 1.165) is 31.6 Å². The second kappa shape index (κ2) is 6.52. The van der Waals surface area contributed by atoms with Crippen LogP contribution in [-0.4, -0.2) is 19.0 Å². The molecule has 1 fully saturated rings. The van der Waals surface area contributed by atoms with E-state index in [1.165, 1.54) is 24.8 Å². The van der Waals surface area contributed by atoms with Gasteiger partial charge in [-0.1, -0.05) is 0 Å². The summed E-state index contributed by atoms with van der Waals surface area (Å²) in [6.45, 7) is 1.84. The molecule has 1 aliphatic heterocycles. The lowest BCUT2D eigenvalue weighted by Gasteiger charge is -2.30. The minimum absolute atomic E-state index is 0.321. The SMILES string of the molecule is O=C(Nc1cc(F)ccc1N1CCCCC1)c1coc(Br)c1. The Balaban J connectivity index is 1.85. The van der Waals surface area contributed by atoms with E-state index in [0.29, 0.717) is 15.9 Å². The summed E-state index contributed by atoms with van der Waals surface area (Å²) in [5.74, 6) is -0.692. The van der Waals surface area contributed by atoms with Crippen LogP contribution < -0.4 is 10.2 Å². The summed E-state index contributed by atoms with van der Waals surface area (Å²) in [5, 5.41) is 2.78. The zero-order chi connectivity index (χ0) is 15.5. The number of rotatable bonds is 3. The van der Waals surface area contributed by atoms with Gasteiger partial charge >= 0.3 is 0 Å². The molecule has 0 radical (unpaired) electrons. The molecule has 0 bridgehead atoms. The van der Waals surface area contributed by atoms with E-state index in [1.807, 2.05) is 0 Å². The molecule has 2 heterocycles. The number of hydrogen-bond donors (Lipinski definition) is 1. The number of nitrogens with one attached hydrogen (secondary N) is 1. The number of carbonyl (C=O) groups excluding carboxylic acids is 1. The first-order valence-corrected chi connectivity index (χ1v) is 8.03. The van der Waals surface area contributed by atoms with Crippen LogP contribution in [-0.2, 0) is 0 Å². The Morgan fingerprint density at radius 3 is 2.68 bits per heavy atom. The number of anilines is 2. The Morgan fingerprint density at radius 1 is 1.23 bits per heavy atom. The first-order valence-electron chi connectivity index (χ1n) is 7.23. The number of benzene rings is 1. The van der Waals surface area contributed by atoms with Gasteiger partial charge in [-0.3, -0.25) is 4.79 Å². The highest BCUT2D eigenvalue weighted by Crippen LogP contribution is 2.30. The number of hydrogen-bond acceptors (Lipinski definition) is 3. The monoisotopic (exact) mass is 366 g/mol. The molecule has 0 spiro atoms. The molecule has 0 saturated carbocycles. The maximum atomic E-state index is 13.6. The molecular weight excluding hydrogens is 351 g/mol. The van der Waals surface area contributed by atoms with Gasteiger partial charge in [-0.2, -0.15) is 0 Å². The van der Waals surface area contributed by atoms with Crippen LogP contribution in [0.4, 0.5) is 15.8 Å². The van der Waals surface area contributed by atoms with E-state index in [9.17, 15) is 9.18 Å². The lowest BCUT2D eigenvalue weighted by molar-refractivity contribution is 0.102. The van der Waals surface area contributed by atoms with Gasteiger partial charge in [0.25, 0.3) is 5.91 Å². The highest BCUT2D eigenvalue weighted by atomic mass is 79.9. The zero-order valence-electron chi connectivity index (χ0n) is 11.9. The molecule has 1 aromatic carbocycles. The number of piperidine rings is 1. The molecule has 1 saturated heterocycles. The van der Waals surface area contributed by atoms with Crippen LogP contribution in [0.2, 0.25) is 0 Å². The van der Waals surface area contributed by atoms with Crippen LogP contribution >= 0.6 is 15.9 Å². The first kappa shape index (κ1) is 15.1. The third-order valence-corrected chi connectivity index (χ3v) is 4.15. The van der Waals surface area contributed by atoms with Crippen LogP contribution in [0.25, 0.3) is 0 Å². The van der Waals surface area contributed by atoms with Gasteiger partial charge in [0.2, 0.25) is 0 Å². The molecule has 0 unspecified atom stereocenters. The standard InChI is InChI=1S/C16H16BrFN2O2/c17-15-8-11(10-22-15)16(21)19-13-9-12(18)4-5-14(13)20-6-2-1-3-7-20/h4-5,8-10H,1-3,6-7H2,(H,19,21). The molecule has 0 atom stereocenters. The highest BCUT2D eigenvalue weighted by molar-refractivity contribution is 9.10. The maximum Gasteiger partial charge on any atom is 0.259 e. The summed E-state index contributed by atoms with van der Waals surface area (Å²) in [6.07, 6.45) is 4.79. The Hall–Kier alpha value is -1.82. The molecule has 6 heteroatoms. The van der Waals surface area contributed by atoms with Gasteiger partial charge < -0.3 is 14.6 Å². The summed E-state index contributed by atoms with van der Waals surface area (Å²) < 4.78 is 19.1. The minimum Gasteiger partial charge on any atom is -0.457 e. The quantitative estimate of drug-likeness (QED) is 0.873. The van der Waals surface area contributed by atoms with Gasteiger partial charge in [0.05, 0.1) is 16.9 Å². The fourth-order valence-corrected chi connectivity index (χ4v) is 2.98. The predicted octanol–water partition coefficient (Wildman–Crippen LogP) is 4.42. The minimum atomic E-state index is -0.371. The van der Waals surface area contributed by atoms with Crippen molar-refractivity contribution in [2.75, 3.05) is 23.3 Å². The smallest absolute Gasteiger partial charge is 0.259 e. The van der Waals surface area contributed by atoms with Crippen molar-refractivity contribution in [3.05, 3.63) is 46.6 Å². The normalized spacial score (nSPS) is 14.9. The Bertz CT molecular complexity index is 681. The van der Waals surface area contributed by atoms with E-state index in [1.54, 1.807) is 12.1 Å². The van der Waals surface area contributed by atoms with Gasteiger partial charge in [-0.05, 0) is 53.4 Å². The molecule has 116 valence electrons. The summed E-state index contributed by atoms with van der Waals surface area (Å²) >= 11 is 3.16. The van der Waals surface area contributed by atoms with Crippen molar-refractivity contribution in [2.24, 2.45) is 0 Å². The molecule has 22 heavy (non-hydrogen) atoms. The highest BCUT2D eigenvalue weighted by Gasteiger charge is 2.18. The number of amides is 1. The number of furan rings is 1. The fraction of sp³-hybridized carbons (Fsp3) is 0.312. The van der Waals surface area contributed by atoms with Crippen molar-refractivity contribution in [3.8, 4) is 0 Å². The molecule has 1 aliphatic rings. The van der Waals surface area contributed by atoms with Gasteiger partial charge in [-0.25, -0.2) is 4.39 Å². The van der Waals surface area contributed by atoms with Crippen molar-refractivity contribution in [1.82, 2.24) is 0 Å². The van der Waals surface area contributed by atoms with E-state index >= 15 is 0 Å². The third-order valence-electron chi connectivity index (χ3n) is 3.73. The Labute approximate surface area is 136 Å². The van der Waals surface area contributed by atoms with E-state index in [-0.39, 0.29) is 11.7 Å². The van der Waals surface area contributed by atoms with Crippen molar-refractivity contribution < 1.29 is 13.6 Å². The summed E-state index contributed by atoms with van der Waals surface area (Å²) in [6, 6.07) is 6.09. The number of carbonyl (C=O) groups is 1. The predicted molar refractivity (Wildman–Crippen MR) is 86.8 cm³/mol. The van der Waals surface area contributed by atoms with Gasteiger partial charge in [0.15, 0.2) is 4.67 Å². The molecule has 4 nitrogen and oxygen atoms in total. The van der Waals surface area contributed by atoms with Crippen LogP contribution in [0.15, 0.2) is 39.6 Å².